The predicted octanol–water partition coefficient (Wildman–Crippen LogP) is 0.559. The molecule has 2 aromatic heterocycles. The molecule has 2 rings (SSSR count). The van der Waals surface area contributed by atoms with Crippen LogP contribution in [0.1, 0.15) is 24.9 Å². The van der Waals surface area contributed by atoms with Crippen molar-refractivity contribution < 1.29 is 0 Å². The molecule has 2 heterocycles. The average molecular weight is 234 g/mol. The van der Waals surface area contributed by atoms with Crippen molar-refractivity contribution in [2.45, 2.75) is 26.4 Å². The molecule has 0 atom stereocenters. The van der Waals surface area contributed by atoms with Crippen LogP contribution in [0.4, 0.5) is 0 Å². The number of nitrogens with zero attached hydrogens (tertiary/aromatic N) is 5. The van der Waals surface area contributed by atoms with Crippen LogP contribution in [-0.4, -0.2) is 31.1 Å². The molecular weight excluding hydrogens is 216 g/mol. The maximum absolute atomic E-state index is 4.31. The maximum atomic E-state index is 4.31. The second kappa shape index (κ2) is 5.58. The molecule has 6 nitrogen and oxygen atoms in total. The van der Waals surface area contributed by atoms with Crippen LogP contribution in [0.2, 0.25) is 0 Å². The number of hydrogen-bond acceptors (Lipinski definition) is 4. The monoisotopic (exact) mass is 234 g/mol. The molecule has 92 valence electrons. The van der Waals surface area contributed by atoms with Crippen molar-refractivity contribution in [1.82, 2.24) is 29.9 Å². The Hall–Kier alpha value is -1.69. The summed E-state index contributed by atoms with van der Waals surface area (Å²) in [6.45, 7) is 4.68. The SMILES string of the molecule is CCCNCc1ccnn1Cc1ncnn1C. The summed E-state index contributed by atoms with van der Waals surface area (Å²) >= 11 is 0. The van der Waals surface area contributed by atoms with E-state index in [1.165, 1.54) is 5.69 Å². The number of nitrogens with one attached hydrogen (secondary N) is 1. The van der Waals surface area contributed by atoms with Gasteiger partial charge >= 0.3 is 0 Å². The standard InChI is InChI=1S/C11H18N6/c1-3-5-12-7-10-4-6-14-17(10)8-11-13-9-15-16(11)2/h4,6,9,12H,3,5,7-8H2,1-2H3. The van der Waals surface area contributed by atoms with E-state index in [2.05, 4.69) is 27.4 Å². The van der Waals surface area contributed by atoms with Crippen LogP contribution < -0.4 is 5.32 Å². The molecule has 0 bridgehead atoms. The Balaban J connectivity index is 2.01. The zero-order chi connectivity index (χ0) is 12.1. The molecule has 17 heavy (non-hydrogen) atoms. The highest BCUT2D eigenvalue weighted by atomic mass is 15.4. The van der Waals surface area contributed by atoms with Gasteiger partial charge in [-0.15, -0.1) is 0 Å². The van der Waals surface area contributed by atoms with Gasteiger partial charge in [0.05, 0.1) is 5.69 Å². The Morgan fingerprint density at radius 1 is 1.35 bits per heavy atom. The molecule has 0 spiro atoms. The minimum Gasteiger partial charge on any atom is -0.311 e. The van der Waals surface area contributed by atoms with Crippen molar-refractivity contribution in [3.05, 3.63) is 30.1 Å². The van der Waals surface area contributed by atoms with Gasteiger partial charge in [-0.25, -0.2) is 4.98 Å². The Bertz CT molecular complexity index is 458. The van der Waals surface area contributed by atoms with Gasteiger partial charge in [-0.1, -0.05) is 6.92 Å². The van der Waals surface area contributed by atoms with E-state index in [0.717, 1.165) is 25.3 Å². The maximum Gasteiger partial charge on any atom is 0.148 e. The zero-order valence-corrected chi connectivity index (χ0v) is 10.3. The molecule has 1 N–H and O–H groups in total. The van der Waals surface area contributed by atoms with Crippen molar-refractivity contribution in [1.29, 1.82) is 0 Å². The first kappa shape index (κ1) is 11.8. The molecule has 0 fully saturated rings. The fourth-order valence-electron chi connectivity index (χ4n) is 1.64. The van der Waals surface area contributed by atoms with Gasteiger partial charge in [0.25, 0.3) is 0 Å². The van der Waals surface area contributed by atoms with Gasteiger partial charge in [0.15, 0.2) is 0 Å². The molecule has 6 heteroatoms. The summed E-state index contributed by atoms with van der Waals surface area (Å²) in [6, 6.07) is 2.03. The van der Waals surface area contributed by atoms with Gasteiger partial charge in [0.2, 0.25) is 0 Å². The number of hydrogen-bond donors (Lipinski definition) is 1. The van der Waals surface area contributed by atoms with Gasteiger partial charge in [-0.3, -0.25) is 9.36 Å². The molecule has 2 aromatic rings. The molecule has 0 aliphatic rings. The lowest BCUT2D eigenvalue weighted by Gasteiger charge is -2.07. The largest absolute Gasteiger partial charge is 0.311 e. The van der Waals surface area contributed by atoms with Crippen LogP contribution in [0.15, 0.2) is 18.6 Å². The summed E-state index contributed by atoms with van der Waals surface area (Å²) < 4.78 is 3.72. The third-order valence-electron chi connectivity index (χ3n) is 2.63. The second-order valence-corrected chi connectivity index (χ2v) is 3.96. The van der Waals surface area contributed by atoms with Crippen molar-refractivity contribution in [2.24, 2.45) is 7.05 Å². The molecule has 0 unspecified atom stereocenters. The fraction of sp³-hybridized carbons (Fsp3) is 0.545. The van der Waals surface area contributed by atoms with Crippen LogP contribution in [0.25, 0.3) is 0 Å². The highest BCUT2D eigenvalue weighted by molar-refractivity contribution is 5.02. The third-order valence-corrected chi connectivity index (χ3v) is 2.63. The van der Waals surface area contributed by atoms with E-state index in [9.17, 15) is 0 Å². The van der Waals surface area contributed by atoms with Gasteiger partial charge < -0.3 is 5.32 Å². The van der Waals surface area contributed by atoms with Gasteiger partial charge in [0.1, 0.15) is 18.7 Å². The van der Waals surface area contributed by atoms with E-state index in [1.807, 2.05) is 24.0 Å². The van der Waals surface area contributed by atoms with E-state index in [1.54, 1.807) is 11.0 Å². The summed E-state index contributed by atoms with van der Waals surface area (Å²) in [5.74, 6) is 0.908. The molecule has 0 aromatic carbocycles. The van der Waals surface area contributed by atoms with Crippen LogP contribution in [0, 0.1) is 0 Å². The fourth-order valence-corrected chi connectivity index (χ4v) is 1.64. The first-order valence-electron chi connectivity index (χ1n) is 5.85. The lowest BCUT2D eigenvalue weighted by atomic mass is 10.4. The van der Waals surface area contributed by atoms with Crippen LogP contribution in [0.3, 0.4) is 0 Å². The number of rotatable bonds is 6. The van der Waals surface area contributed by atoms with Gasteiger partial charge in [-0.05, 0) is 19.0 Å². The van der Waals surface area contributed by atoms with Crippen LogP contribution in [0.5, 0.6) is 0 Å². The van der Waals surface area contributed by atoms with E-state index < -0.39 is 0 Å². The quantitative estimate of drug-likeness (QED) is 0.742. The van der Waals surface area contributed by atoms with Crippen molar-refractivity contribution in [2.75, 3.05) is 6.54 Å². The molecule has 0 radical (unpaired) electrons. The topological polar surface area (TPSA) is 60.6 Å². The molecular formula is C11H18N6. The number of aryl methyl sites for hydroxylation is 1. The van der Waals surface area contributed by atoms with Crippen LogP contribution in [-0.2, 0) is 20.1 Å². The van der Waals surface area contributed by atoms with Crippen LogP contribution >= 0.6 is 0 Å². The molecule has 0 amide bonds. The van der Waals surface area contributed by atoms with E-state index >= 15 is 0 Å². The smallest absolute Gasteiger partial charge is 0.148 e. The molecule has 0 saturated heterocycles. The minimum atomic E-state index is 0.659. The van der Waals surface area contributed by atoms with Crippen molar-refractivity contribution in [3.63, 3.8) is 0 Å². The Morgan fingerprint density at radius 2 is 2.24 bits per heavy atom. The Morgan fingerprint density at radius 3 is 2.94 bits per heavy atom. The lowest BCUT2D eigenvalue weighted by molar-refractivity contribution is 0.561. The summed E-state index contributed by atoms with van der Waals surface area (Å²) in [5.41, 5.74) is 1.17. The molecule has 0 aliphatic carbocycles. The van der Waals surface area contributed by atoms with Crippen molar-refractivity contribution in [3.8, 4) is 0 Å². The lowest BCUT2D eigenvalue weighted by Crippen LogP contribution is -2.18. The third kappa shape index (κ3) is 2.91. The van der Waals surface area contributed by atoms with E-state index in [-0.39, 0.29) is 0 Å². The Labute approximate surface area is 101 Å². The summed E-state index contributed by atoms with van der Waals surface area (Å²) in [4.78, 5) is 4.20. The minimum absolute atomic E-state index is 0.659. The predicted molar refractivity (Wildman–Crippen MR) is 64.3 cm³/mol. The number of aromatic nitrogens is 5. The van der Waals surface area contributed by atoms with Gasteiger partial charge in [0, 0.05) is 19.8 Å². The summed E-state index contributed by atoms with van der Waals surface area (Å²) in [6.07, 6.45) is 4.52. The average Bonchev–Trinajstić information content (AvgIpc) is 2.91. The summed E-state index contributed by atoms with van der Waals surface area (Å²) in [5, 5.41) is 11.7. The highest BCUT2D eigenvalue weighted by Gasteiger charge is 2.06. The molecule has 0 aliphatic heterocycles. The first-order chi connectivity index (χ1) is 8.31. The van der Waals surface area contributed by atoms with E-state index in [4.69, 9.17) is 0 Å². The van der Waals surface area contributed by atoms with Gasteiger partial charge in [-0.2, -0.15) is 10.2 Å². The first-order valence-corrected chi connectivity index (χ1v) is 5.85. The van der Waals surface area contributed by atoms with Crippen molar-refractivity contribution >= 4 is 0 Å². The van der Waals surface area contributed by atoms with E-state index in [0.29, 0.717) is 6.54 Å². The Kier molecular flexibility index (Phi) is 3.87. The zero-order valence-electron chi connectivity index (χ0n) is 10.3. The highest BCUT2D eigenvalue weighted by Crippen LogP contribution is 2.02. The molecule has 0 saturated carbocycles. The second-order valence-electron chi connectivity index (χ2n) is 3.96. The normalized spacial score (nSPS) is 10.9. The summed E-state index contributed by atoms with van der Waals surface area (Å²) in [7, 11) is 1.89.